The van der Waals surface area contributed by atoms with Gasteiger partial charge >= 0.3 is 0 Å². The summed E-state index contributed by atoms with van der Waals surface area (Å²) in [5, 5.41) is 3.53. The normalized spacial score (nSPS) is 18.9. The van der Waals surface area contributed by atoms with Crippen LogP contribution in [0.25, 0.3) is 0 Å². The van der Waals surface area contributed by atoms with Gasteiger partial charge in [-0.1, -0.05) is 12.2 Å². The molecule has 0 aliphatic heterocycles. The first kappa shape index (κ1) is 11.9. The molecule has 0 bridgehead atoms. The van der Waals surface area contributed by atoms with Crippen molar-refractivity contribution < 1.29 is 0 Å². The van der Waals surface area contributed by atoms with Gasteiger partial charge in [0.25, 0.3) is 0 Å². The van der Waals surface area contributed by atoms with Crippen LogP contribution in [0.4, 0.5) is 5.69 Å². The predicted octanol–water partition coefficient (Wildman–Crippen LogP) is 2.56. The van der Waals surface area contributed by atoms with Gasteiger partial charge in [-0.05, 0) is 55.6 Å². The Bertz CT molecular complexity index is 440. The Morgan fingerprint density at radius 2 is 2.06 bits per heavy atom. The second kappa shape index (κ2) is 4.84. The lowest BCUT2D eigenvalue weighted by Crippen LogP contribution is -2.19. The maximum Gasteiger partial charge on any atom is 0.122 e. The van der Waals surface area contributed by atoms with Crippen LogP contribution in [-0.4, -0.2) is 16.5 Å². The van der Waals surface area contributed by atoms with Gasteiger partial charge in [0.15, 0.2) is 0 Å². The highest BCUT2D eigenvalue weighted by molar-refractivity contribution is 7.80. The fourth-order valence-corrected chi connectivity index (χ4v) is 2.79. The summed E-state index contributed by atoms with van der Waals surface area (Å²) >= 11 is 4.95. The first-order chi connectivity index (χ1) is 8.74. The van der Waals surface area contributed by atoms with Gasteiger partial charge in [0.05, 0.1) is 5.69 Å². The van der Waals surface area contributed by atoms with E-state index in [4.69, 9.17) is 18.0 Å². The lowest BCUT2D eigenvalue weighted by molar-refractivity contribution is 0.428. The minimum Gasteiger partial charge on any atom is -0.388 e. The van der Waals surface area contributed by atoms with Crippen molar-refractivity contribution in [2.75, 3.05) is 11.9 Å². The van der Waals surface area contributed by atoms with Gasteiger partial charge in [-0.3, -0.25) is 4.98 Å². The van der Waals surface area contributed by atoms with Crippen molar-refractivity contribution in [1.82, 2.24) is 4.98 Å². The van der Waals surface area contributed by atoms with Crippen LogP contribution in [0.1, 0.15) is 31.4 Å². The molecule has 0 atom stereocenters. The smallest absolute Gasteiger partial charge is 0.122 e. The van der Waals surface area contributed by atoms with E-state index in [1.165, 1.54) is 25.7 Å². The summed E-state index contributed by atoms with van der Waals surface area (Å²) in [6.45, 7) is 1.08. The highest BCUT2D eigenvalue weighted by Gasteiger charge is 2.40. The SMILES string of the molecule is NC(=S)c1cc(NCC(C2CC2)C2CC2)ccn1. The van der Waals surface area contributed by atoms with E-state index >= 15 is 0 Å². The summed E-state index contributed by atoms with van der Waals surface area (Å²) in [4.78, 5) is 4.52. The molecule has 0 aromatic carbocycles. The molecule has 4 heteroatoms. The molecular formula is C14H19N3S. The fourth-order valence-electron chi connectivity index (χ4n) is 2.68. The molecule has 1 heterocycles. The van der Waals surface area contributed by atoms with E-state index in [9.17, 15) is 0 Å². The minimum atomic E-state index is 0.361. The van der Waals surface area contributed by atoms with Gasteiger partial charge in [0.1, 0.15) is 4.99 Å². The van der Waals surface area contributed by atoms with Gasteiger partial charge in [0.2, 0.25) is 0 Å². The molecule has 18 heavy (non-hydrogen) atoms. The lowest BCUT2D eigenvalue weighted by Gasteiger charge is -2.17. The summed E-state index contributed by atoms with van der Waals surface area (Å²) in [6, 6.07) is 3.93. The van der Waals surface area contributed by atoms with Crippen molar-refractivity contribution in [1.29, 1.82) is 0 Å². The van der Waals surface area contributed by atoms with E-state index in [0.29, 0.717) is 10.7 Å². The number of nitrogens with zero attached hydrogens (tertiary/aromatic N) is 1. The molecule has 2 saturated carbocycles. The number of aromatic nitrogens is 1. The minimum absolute atomic E-state index is 0.361. The average molecular weight is 261 g/mol. The zero-order valence-corrected chi connectivity index (χ0v) is 11.2. The quantitative estimate of drug-likeness (QED) is 0.773. The average Bonchev–Trinajstić information content (AvgIpc) is 3.23. The third-order valence-electron chi connectivity index (χ3n) is 4.01. The molecule has 0 amide bonds. The van der Waals surface area contributed by atoms with Crippen LogP contribution >= 0.6 is 12.2 Å². The summed E-state index contributed by atoms with van der Waals surface area (Å²) in [5.74, 6) is 2.82. The van der Waals surface area contributed by atoms with Crippen LogP contribution in [0.2, 0.25) is 0 Å². The third-order valence-corrected chi connectivity index (χ3v) is 4.22. The van der Waals surface area contributed by atoms with E-state index in [1.807, 2.05) is 12.1 Å². The standard InChI is InChI=1S/C14H19N3S/c15-14(18)13-7-11(5-6-16-13)17-8-12(9-1-2-9)10-3-4-10/h5-7,9-10,12H,1-4,8H2,(H2,15,18)(H,16,17). The summed E-state index contributed by atoms with van der Waals surface area (Å²) in [7, 11) is 0. The summed E-state index contributed by atoms with van der Waals surface area (Å²) in [6.07, 6.45) is 7.48. The largest absolute Gasteiger partial charge is 0.388 e. The summed E-state index contributed by atoms with van der Waals surface area (Å²) in [5.41, 5.74) is 7.38. The van der Waals surface area contributed by atoms with Crippen LogP contribution in [0, 0.1) is 17.8 Å². The number of thiocarbonyl (C=S) groups is 1. The van der Waals surface area contributed by atoms with Gasteiger partial charge in [0, 0.05) is 18.4 Å². The Morgan fingerprint density at radius 3 is 2.61 bits per heavy atom. The molecule has 3 N–H and O–H groups in total. The first-order valence-electron chi connectivity index (χ1n) is 6.74. The molecule has 3 nitrogen and oxygen atoms in total. The summed E-state index contributed by atoms with van der Waals surface area (Å²) < 4.78 is 0. The molecule has 96 valence electrons. The third kappa shape index (κ3) is 2.80. The topological polar surface area (TPSA) is 50.9 Å². The molecule has 0 radical (unpaired) electrons. The van der Waals surface area contributed by atoms with Crippen molar-refractivity contribution in [2.45, 2.75) is 25.7 Å². The predicted molar refractivity (Wildman–Crippen MR) is 77.6 cm³/mol. The number of rotatable bonds is 6. The molecule has 3 rings (SSSR count). The molecular weight excluding hydrogens is 242 g/mol. The van der Waals surface area contributed by atoms with E-state index in [0.717, 1.165) is 30.0 Å². The highest BCUT2D eigenvalue weighted by atomic mass is 32.1. The van der Waals surface area contributed by atoms with E-state index < -0.39 is 0 Å². The maximum absolute atomic E-state index is 5.60. The Labute approximate surface area is 113 Å². The van der Waals surface area contributed by atoms with Crippen LogP contribution in [0.15, 0.2) is 18.3 Å². The zero-order valence-electron chi connectivity index (χ0n) is 10.4. The first-order valence-corrected chi connectivity index (χ1v) is 7.14. The van der Waals surface area contributed by atoms with Crippen LogP contribution in [0.3, 0.4) is 0 Å². The number of nitrogens with one attached hydrogen (secondary N) is 1. The molecule has 2 aliphatic carbocycles. The van der Waals surface area contributed by atoms with Gasteiger partial charge in [-0.2, -0.15) is 0 Å². The lowest BCUT2D eigenvalue weighted by atomic mass is 9.98. The molecule has 2 fully saturated rings. The Kier molecular flexibility index (Phi) is 3.20. The van der Waals surface area contributed by atoms with Crippen molar-refractivity contribution >= 4 is 22.9 Å². The Hall–Kier alpha value is -1.16. The number of pyridine rings is 1. The van der Waals surface area contributed by atoms with Crippen LogP contribution < -0.4 is 11.1 Å². The zero-order chi connectivity index (χ0) is 12.5. The van der Waals surface area contributed by atoms with Crippen molar-refractivity contribution in [3.8, 4) is 0 Å². The van der Waals surface area contributed by atoms with Crippen LogP contribution in [-0.2, 0) is 0 Å². The second-order valence-corrected chi connectivity index (χ2v) is 5.95. The van der Waals surface area contributed by atoms with Crippen LogP contribution in [0.5, 0.6) is 0 Å². The Balaban J connectivity index is 1.61. The van der Waals surface area contributed by atoms with Gasteiger partial charge < -0.3 is 11.1 Å². The number of anilines is 1. The number of nitrogens with two attached hydrogens (primary N) is 1. The van der Waals surface area contributed by atoms with Crippen molar-refractivity contribution in [3.05, 3.63) is 24.0 Å². The van der Waals surface area contributed by atoms with E-state index in [2.05, 4.69) is 10.3 Å². The monoisotopic (exact) mass is 261 g/mol. The Morgan fingerprint density at radius 1 is 1.39 bits per heavy atom. The van der Waals surface area contributed by atoms with E-state index in [-0.39, 0.29) is 0 Å². The number of hydrogen-bond acceptors (Lipinski definition) is 3. The van der Waals surface area contributed by atoms with Crippen molar-refractivity contribution in [3.63, 3.8) is 0 Å². The molecule has 1 aromatic rings. The number of hydrogen-bond donors (Lipinski definition) is 2. The second-order valence-electron chi connectivity index (χ2n) is 5.51. The molecule has 0 saturated heterocycles. The molecule has 1 aromatic heterocycles. The van der Waals surface area contributed by atoms with Gasteiger partial charge in [-0.15, -0.1) is 0 Å². The van der Waals surface area contributed by atoms with Gasteiger partial charge in [-0.25, -0.2) is 0 Å². The molecule has 0 spiro atoms. The molecule has 0 unspecified atom stereocenters. The molecule has 2 aliphatic rings. The van der Waals surface area contributed by atoms with E-state index in [1.54, 1.807) is 6.20 Å². The highest BCUT2D eigenvalue weighted by Crippen LogP contribution is 2.49. The maximum atomic E-state index is 5.60. The fraction of sp³-hybridized carbons (Fsp3) is 0.571. The van der Waals surface area contributed by atoms with Crippen molar-refractivity contribution in [2.24, 2.45) is 23.5 Å².